The molecule has 0 aliphatic carbocycles. The van der Waals surface area contributed by atoms with Gasteiger partial charge < -0.3 is 9.88 Å². The SMILES string of the molecule is Cc1c(CNC(C)c2nccn2C)cccc1[N+](=O)[O-]. The van der Waals surface area contributed by atoms with Gasteiger partial charge in [0.25, 0.3) is 5.69 Å². The Morgan fingerprint density at radius 2 is 2.25 bits per heavy atom. The van der Waals surface area contributed by atoms with Crippen molar-refractivity contribution in [3.05, 3.63) is 57.7 Å². The molecule has 1 aromatic heterocycles. The summed E-state index contributed by atoms with van der Waals surface area (Å²) < 4.78 is 1.96. The standard InChI is InChI=1S/C14H18N4O2/c1-10-12(5-4-6-13(10)18(19)20)9-16-11(2)14-15-7-8-17(14)3/h4-8,11,16H,9H2,1-3H3. The van der Waals surface area contributed by atoms with Gasteiger partial charge in [0.05, 0.1) is 11.0 Å². The van der Waals surface area contributed by atoms with Crippen LogP contribution >= 0.6 is 0 Å². The maximum atomic E-state index is 10.9. The minimum atomic E-state index is -0.346. The van der Waals surface area contributed by atoms with Crippen LogP contribution in [0.5, 0.6) is 0 Å². The van der Waals surface area contributed by atoms with Crippen LogP contribution in [-0.2, 0) is 13.6 Å². The van der Waals surface area contributed by atoms with Crippen molar-refractivity contribution in [1.82, 2.24) is 14.9 Å². The minimum Gasteiger partial charge on any atom is -0.337 e. The zero-order valence-corrected chi connectivity index (χ0v) is 11.8. The van der Waals surface area contributed by atoms with E-state index in [4.69, 9.17) is 0 Å². The first-order chi connectivity index (χ1) is 9.50. The maximum absolute atomic E-state index is 10.9. The summed E-state index contributed by atoms with van der Waals surface area (Å²) in [7, 11) is 1.94. The summed E-state index contributed by atoms with van der Waals surface area (Å²) in [5, 5.41) is 14.3. The van der Waals surface area contributed by atoms with Gasteiger partial charge in [0, 0.05) is 37.6 Å². The van der Waals surface area contributed by atoms with Crippen LogP contribution in [0.1, 0.15) is 29.9 Å². The van der Waals surface area contributed by atoms with Gasteiger partial charge in [-0.25, -0.2) is 4.98 Å². The molecule has 0 amide bonds. The third-order valence-electron chi connectivity index (χ3n) is 3.46. The zero-order valence-electron chi connectivity index (χ0n) is 11.8. The van der Waals surface area contributed by atoms with Crippen LogP contribution in [0.3, 0.4) is 0 Å². The van der Waals surface area contributed by atoms with Gasteiger partial charge in [-0.2, -0.15) is 0 Å². The normalized spacial score (nSPS) is 12.3. The fourth-order valence-electron chi connectivity index (χ4n) is 2.21. The molecule has 1 N–H and O–H groups in total. The molecule has 1 aromatic carbocycles. The Bertz CT molecular complexity index is 621. The van der Waals surface area contributed by atoms with Crippen LogP contribution < -0.4 is 5.32 Å². The number of nitro benzene ring substituents is 1. The van der Waals surface area contributed by atoms with Gasteiger partial charge in [-0.05, 0) is 19.4 Å². The van der Waals surface area contributed by atoms with Gasteiger partial charge in [0.15, 0.2) is 0 Å². The van der Waals surface area contributed by atoms with Crippen LogP contribution in [0, 0.1) is 17.0 Å². The number of rotatable bonds is 5. The second-order valence-electron chi connectivity index (χ2n) is 4.82. The van der Waals surface area contributed by atoms with Crippen LogP contribution in [0.4, 0.5) is 5.69 Å². The molecule has 0 radical (unpaired) electrons. The van der Waals surface area contributed by atoms with Crippen molar-refractivity contribution >= 4 is 5.69 Å². The highest BCUT2D eigenvalue weighted by Crippen LogP contribution is 2.21. The largest absolute Gasteiger partial charge is 0.337 e. The Hall–Kier alpha value is -2.21. The molecule has 20 heavy (non-hydrogen) atoms. The van der Waals surface area contributed by atoms with Gasteiger partial charge in [-0.1, -0.05) is 12.1 Å². The quantitative estimate of drug-likeness (QED) is 0.671. The van der Waals surface area contributed by atoms with Crippen LogP contribution in [-0.4, -0.2) is 14.5 Å². The van der Waals surface area contributed by atoms with Crippen molar-refractivity contribution in [2.75, 3.05) is 0 Å². The third-order valence-corrected chi connectivity index (χ3v) is 3.46. The number of nitro groups is 1. The lowest BCUT2D eigenvalue weighted by Crippen LogP contribution is -2.21. The van der Waals surface area contributed by atoms with Gasteiger partial charge in [0.1, 0.15) is 5.82 Å². The van der Waals surface area contributed by atoms with Crippen molar-refractivity contribution in [3.63, 3.8) is 0 Å². The molecule has 0 saturated carbocycles. The zero-order chi connectivity index (χ0) is 14.7. The van der Waals surface area contributed by atoms with E-state index in [-0.39, 0.29) is 16.7 Å². The van der Waals surface area contributed by atoms with E-state index < -0.39 is 0 Å². The molecule has 0 saturated heterocycles. The number of nitrogens with one attached hydrogen (secondary N) is 1. The van der Waals surface area contributed by atoms with Crippen molar-refractivity contribution < 1.29 is 4.92 Å². The van der Waals surface area contributed by atoms with E-state index in [1.165, 1.54) is 6.07 Å². The molecule has 0 aliphatic rings. The summed E-state index contributed by atoms with van der Waals surface area (Å²) in [5.74, 6) is 0.938. The molecule has 0 aliphatic heterocycles. The Morgan fingerprint density at radius 3 is 2.85 bits per heavy atom. The molecule has 2 aromatic rings. The fraction of sp³-hybridized carbons (Fsp3) is 0.357. The molecule has 0 fully saturated rings. The molecule has 6 nitrogen and oxygen atoms in total. The number of nitrogens with zero attached hydrogens (tertiary/aromatic N) is 3. The Balaban J connectivity index is 2.10. The lowest BCUT2D eigenvalue weighted by atomic mass is 10.1. The average molecular weight is 274 g/mol. The van der Waals surface area contributed by atoms with Crippen molar-refractivity contribution in [2.24, 2.45) is 7.05 Å². The first kappa shape index (κ1) is 14.2. The Labute approximate surface area is 117 Å². The molecule has 1 heterocycles. The molecule has 106 valence electrons. The summed E-state index contributed by atoms with van der Waals surface area (Å²) in [5.41, 5.74) is 1.80. The van der Waals surface area contributed by atoms with Gasteiger partial charge in [-0.3, -0.25) is 10.1 Å². The second-order valence-corrected chi connectivity index (χ2v) is 4.82. The highest BCUT2D eigenvalue weighted by atomic mass is 16.6. The molecule has 0 spiro atoms. The maximum Gasteiger partial charge on any atom is 0.272 e. The summed E-state index contributed by atoms with van der Waals surface area (Å²) >= 11 is 0. The van der Waals surface area contributed by atoms with E-state index in [1.54, 1.807) is 19.2 Å². The first-order valence-corrected chi connectivity index (χ1v) is 6.44. The molecular weight excluding hydrogens is 256 g/mol. The monoisotopic (exact) mass is 274 g/mol. The van der Waals surface area contributed by atoms with Gasteiger partial charge in [-0.15, -0.1) is 0 Å². The van der Waals surface area contributed by atoms with E-state index in [9.17, 15) is 10.1 Å². The lowest BCUT2D eigenvalue weighted by molar-refractivity contribution is -0.385. The summed E-state index contributed by atoms with van der Waals surface area (Å²) in [6.07, 6.45) is 3.65. The predicted octanol–water partition coefficient (Wildman–Crippen LogP) is 2.49. The topological polar surface area (TPSA) is 73.0 Å². The van der Waals surface area contributed by atoms with E-state index >= 15 is 0 Å². The number of benzene rings is 1. The van der Waals surface area contributed by atoms with E-state index in [2.05, 4.69) is 10.3 Å². The van der Waals surface area contributed by atoms with Gasteiger partial charge in [0.2, 0.25) is 0 Å². The molecule has 6 heteroatoms. The van der Waals surface area contributed by atoms with Crippen LogP contribution in [0.15, 0.2) is 30.6 Å². The van der Waals surface area contributed by atoms with E-state index in [0.717, 1.165) is 11.4 Å². The Kier molecular flexibility index (Phi) is 4.14. The molecular formula is C14H18N4O2. The second kappa shape index (κ2) is 5.83. The number of aryl methyl sites for hydroxylation is 1. The van der Waals surface area contributed by atoms with Gasteiger partial charge >= 0.3 is 0 Å². The minimum absolute atomic E-state index is 0.0775. The van der Waals surface area contributed by atoms with Crippen molar-refractivity contribution in [2.45, 2.75) is 26.4 Å². The number of hydrogen-bond donors (Lipinski definition) is 1. The Morgan fingerprint density at radius 1 is 1.50 bits per heavy atom. The number of imidazole rings is 1. The van der Waals surface area contributed by atoms with E-state index in [1.807, 2.05) is 30.8 Å². The van der Waals surface area contributed by atoms with E-state index in [0.29, 0.717) is 12.1 Å². The fourth-order valence-corrected chi connectivity index (χ4v) is 2.21. The third kappa shape index (κ3) is 2.85. The van der Waals surface area contributed by atoms with Crippen LogP contribution in [0.2, 0.25) is 0 Å². The highest BCUT2D eigenvalue weighted by molar-refractivity contribution is 5.44. The number of aromatic nitrogens is 2. The average Bonchev–Trinajstić information content (AvgIpc) is 2.83. The summed E-state index contributed by atoms with van der Waals surface area (Å²) in [6, 6.07) is 5.23. The van der Waals surface area contributed by atoms with Crippen molar-refractivity contribution in [1.29, 1.82) is 0 Å². The molecule has 1 unspecified atom stereocenters. The highest BCUT2D eigenvalue weighted by Gasteiger charge is 2.14. The summed E-state index contributed by atoms with van der Waals surface area (Å²) in [6.45, 7) is 4.37. The smallest absolute Gasteiger partial charge is 0.272 e. The predicted molar refractivity (Wildman–Crippen MR) is 76.3 cm³/mol. The van der Waals surface area contributed by atoms with Crippen LogP contribution in [0.25, 0.3) is 0 Å². The lowest BCUT2D eigenvalue weighted by Gasteiger charge is -2.14. The molecule has 0 bridgehead atoms. The first-order valence-electron chi connectivity index (χ1n) is 6.44. The molecule has 2 rings (SSSR count). The molecule has 1 atom stereocenters. The summed E-state index contributed by atoms with van der Waals surface area (Å²) in [4.78, 5) is 14.9. The van der Waals surface area contributed by atoms with Crippen molar-refractivity contribution in [3.8, 4) is 0 Å². The number of hydrogen-bond acceptors (Lipinski definition) is 4.